The fourth-order valence-electron chi connectivity index (χ4n) is 2.46. The highest BCUT2D eigenvalue weighted by Crippen LogP contribution is 2.22. The predicted octanol–water partition coefficient (Wildman–Crippen LogP) is 3.88. The zero-order valence-corrected chi connectivity index (χ0v) is 12.5. The standard InChI is InChI=1S/C15H22ClN3/c1-3-6-19(7-4-2)8-5-12-9-13(16)15-14(10-12)17-11-18-15/h9-11H,3-8H2,1-2H3,(H,17,18). The summed E-state index contributed by atoms with van der Waals surface area (Å²) < 4.78 is 0. The van der Waals surface area contributed by atoms with Gasteiger partial charge in [-0.1, -0.05) is 25.4 Å². The van der Waals surface area contributed by atoms with Gasteiger partial charge >= 0.3 is 0 Å². The van der Waals surface area contributed by atoms with Gasteiger partial charge in [0, 0.05) is 6.54 Å². The predicted molar refractivity (Wildman–Crippen MR) is 81.8 cm³/mol. The van der Waals surface area contributed by atoms with Gasteiger partial charge in [-0.15, -0.1) is 0 Å². The molecular formula is C15H22ClN3. The van der Waals surface area contributed by atoms with Crippen molar-refractivity contribution in [2.75, 3.05) is 19.6 Å². The second-order valence-electron chi connectivity index (χ2n) is 4.97. The summed E-state index contributed by atoms with van der Waals surface area (Å²) >= 11 is 6.25. The SMILES string of the molecule is CCCN(CCC)CCc1cc(Cl)c2nc[nH]c2c1. The Balaban J connectivity index is 2.03. The Kier molecular flexibility index (Phi) is 5.23. The first kappa shape index (κ1) is 14.4. The van der Waals surface area contributed by atoms with E-state index in [0.717, 1.165) is 29.0 Å². The van der Waals surface area contributed by atoms with E-state index in [1.165, 1.54) is 31.5 Å². The number of imidazole rings is 1. The Hall–Kier alpha value is -1.06. The molecule has 19 heavy (non-hydrogen) atoms. The van der Waals surface area contributed by atoms with Crippen molar-refractivity contribution in [3.05, 3.63) is 29.0 Å². The van der Waals surface area contributed by atoms with E-state index < -0.39 is 0 Å². The van der Waals surface area contributed by atoms with Gasteiger partial charge in [-0.2, -0.15) is 0 Å². The molecule has 0 bridgehead atoms. The average molecular weight is 280 g/mol. The summed E-state index contributed by atoms with van der Waals surface area (Å²) in [5.74, 6) is 0. The first-order chi connectivity index (χ1) is 9.24. The lowest BCUT2D eigenvalue weighted by molar-refractivity contribution is 0.278. The molecule has 3 nitrogen and oxygen atoms in total. The Bertz CT molecular complexity index is 515. The fourth-order valence-corrected chi connectivity index (χ4v) is 2.75. The van der Waals surface area contributed by atoms with Crippen LogP contribution in [0, 0.1) is 0 Å². The van der Waals surface area contributed by atoms with Crippen molar-refractivity contribution in [3.63, 3.8) is 0 Å². The maximum atomic E-state index is 6.25. The van der Waals surface area contributed by atoms with E-state index in [2.05, 4.69) is 34.8 Å². The number of rotatable bonds is 7. The third-order valence-electron chi connectivity index (χ3n) is 3.33. The molecule has 2 aromatic rings. The first-order valence-electron chi connectivity index (χ1n) is 7.08. The Morgan fingerprint density at radius 1 is 1.16 bits per heavy atom. The van der Waals surface area contributed by atoms with Crippen LogP contribution in [0.4, 0.5) is 0 Å². The molecule has 0 radical (unpaired) electrons. The molecule has 0 unspecified atom stereocenters. The molecule has 1 heterocycles. The van der Waals surface area contributed by atoms with E-state index in [1.54, 1.807) is 6.33 Å². The van der Waals surface area contributed by atoms with Gasteiger partial charge in [0.25, 0.3) is 0 Å². The van der Waals surface area contributed by atoms with Crippen LogP contribution in [-0.2, 0) is 6.42 Å². The van der Waals surface area contributed by atoms with E-state index in [1.807, 2.05) is 6.07 Å². The van der Waals surface area contributed by atoms with Crippen molar-refractivity contribution in [2.24, 2.45) is 0 Å². The number of halogens is 1. The fraction of sp³-hybridized carbons (Fsp3) is 0.533. The lowest BCUT2D eigenvalue weighted by Gasteiger charge is -2.20. The van der Waals surface area contributed by atoms with Crippen LogP contribution < -0.4 is 0 Å². The van der Waals surface area contributed by atoms with Crippen molar-refractivity contribution in [1.82, 2.24) is 14.9 Å². The molecular weight excluding hydrogens is 258 g/mol. The maximum Gasteiger partial charge on any atom is 0.107 e. The first-order valence-corrected chi connectivity index (χ1v) is 7.46. The molecule has 0 aliphatic rings. The number of hydrogen-bond acceptors (Lipinski definition) is 2. The van der Waals surface area contributed by atoms with Crippen molar-refractivity contribution >= 4 is 22.6 Å². The molecule has 1 aromatic heterocycles. The molecule has 4 heteroatoms. The molecule has 0 spiro atoms. The molecule has 0 saturated heterocycles. The number of hydrogen-bond donors (Lipinski definition) is 1. The number of aromatic amines is 1. The number of H-pyrrole nitrogens is 1. The number of fused-ring (bicyclic) bond motifs is 1. The van der Waals surface area contributed by atoms with Crippen molar-refractivity contribution in [2.45, 2.75) is 33.1 Å². The Labute approximate surface area is 120 Å². The van der Waals surface area contributed by atoms with Gasteiger partial charge < -0.3 is 9.88 Å². The summed E-state index contributed by atoms with van der Waals surface area (Å²) in [7, 11) is 0. The van der Waals surface area contributed by atoms with E-state index in [4.69, 9.17) is 11.6 Å². The minimum absolute atomic E-state index is 0.742. The van der Waals surface area contributed by atoms with Gasteiger partial charge in [0.1, 0.15) is 5.52 Å². The van der Waals surface area contributed by atoms with Crippen LogP contribution in [-0.4, -0.2) is 34.5 Å². The molecule has 0 fully saturated rings. The topological polar surface area (TPSA) is 31.9 Å². The van der Waals surface area contributed by atoms with Gasteiger partial charge in [-0.05, 0) is 50.0 Å². The second kappa shape index (κ2) is 6.92. The van der Waals surface area contributed by atoms with Gasteiger partial charge in [-0.3, -0.25) is 0 Å². The highest BCUT2D eigenvalue weighted by Gasteiger charge is 2.07. The zero-order valence-electron chi connectivity index (χ0n) is 11.7. The van der Waals surface area contributed by atoms with Crippen LogP contribution in [0.5, 0.6) is 0 Å². The van der Waals surface area contributed by atoms with E-state index in [9.17, 15) is 0 Å². The van der Waals surface area contributed by atoms with Gasteiger partial charge in [0.05, 0.1) is 16.9 Å². The van der Waals surface area contributed by atoms with Crippen LogP contribution >= 0.6 is 11.6 Å². The second-order valence-corrected chi connectivity index (χ2v) is 5.38. The quantitative estimate of drug-likeness (QED) is 0.834. The van der Waals surface area contributed by atoms with Crippen molar-refractivity contribution < 1.29 is 0 Å². The average Bonchev–Trinajstić information content (AvgIpc) is 2.85. The summed E-state index contributed by atoms with van der Waals surface area (Å²) in [4.78, 5) is 9.86. The van der Waals surface area contributed by atoms with Gasteiger partial charge in [0.15, 0.2) is 0 Å². The third kappa shape index (κ3) is 3.71. The van der Waals surface area contributed by atoms with Crippen LogP contribution in [0.1, 0.15) is 32.3 Å². The lowest BCUT2D eigenvalue weighted by Crippen LogP contribution is -2.27. The minimum Gasteiger partial charge on any atom is -0.345 e. The highest BCUT2D eigenvalue weighted by atomic mass is 35.5. The monoisotopic (exact) mass is 279 g/mol. The number of nitrogens with zero attached hydrogens (tertiary/aromatic N) is 2. The maximum absolute atomic E-state index is 6.25. The summed E-state index contributed by atoms with van der Waals surface area (Å²) in [6.07, 6.45) is 5.15. The highest BCUT2D eigenvalue weighted by molar-refractivity contribution is 6.35. The lowest BCUT2D eigenvalue weighted by atomic mass is 10.1. The Morgan fingerprint density at radius 3 is 2.58 bits per heavy atom. The molecule has 0 atom stereocenters. The number of benzene rings is 1. The number of nitrogens with one attached hydrogen (secondary N) is 1. The smallest absolute Gasteiger partial charge is 0.107 e. The molecule has 104 valence electrons. The molecule has 1 aromatic carbocycles. The van der Waals surface area contributed by atoms with Crippen LogP contribution in [0.2, 0.25) is 5.02 Å². The minimum atomic E-state index is 0.742. The van der Waals surface area contributed by atoms with Gasteiger partial charge in [0.2, 0.25) is 0 Å². The van der Waals surface area contributed by atoms with Crippen LogP contribution in [0.15, 0.2) is 18.5 Å². The zero-order chi connectivity index (χ0) is 13.7. The summed E-state index contributed by atoms with van der Waals surface area (Å²) in [6.45, 7) is 7.91. The molecule has 2 rings (SSSR count). The molecule has 0 saturated carbocycles. The molecule has 0 aliphatic heterocycles. The summed E-state index contributed by atoms with van der Waals surface area (Å²) in [6, 6.07) is 4.20. The van der Waals surface area contributed by atoms with Crippen LogP contribution in [0.25, 0.3) is 11.0 Å². The van der Waals surface area contributed by atoms with Gasteiger partial charge in [-0.25, -0.2) is 4.98 Å². The number of aromatic nitrogens is 2. The largest absolute Gasteiger partial charge is 0.345 e. The molecule has 1 N–H and O–H groups in total. The van der Waals surface area contributed by atoms with E-state index in [0.29, 0.717) is 0 Å². The summed E-state index contributed by atoms with van der Waals surface area (Å²) in [5, 5.41) is 0.742. The van der Waals surface area contributed by atoms with E-state index >= 15 is 0 Å². The third-order valence-corrected chi connectivity index (χ3v) is 3.62. The molecule has 0 amide bonds. The normalized spacial score (nSPS) is 11.6. The van der Waals surface area contributed by atoms with Crippen molar-refractivity contribution in [3.8, 4) is 0 Å². The van der Waals surface area contributed by atoms with Crippen molar-refractivity contribution in [1.29, 1.82) is 0 Å². The summed E-state index contributed by atoms with van der Waals surface area (Å²) in [5.41, 5.74) is 3.17. The molecule has 0 aliphatic carbocycles. The van der Waals surface area contributed by atoms with E-state index in [-0.39, 0.29) is 0 Å². The van der Waals surface area contributed by atoms with Crippen LogP contribution in [0.3, 0.4) is 0 Å². The Morgan fingerprint density at radius 2 is 1.89 bits per heavy atom.